The fourth-order valence-corrected chi connectivity index (χ4v) is 3.31. The third kappa shape index (κ3) is 3.74. The fourth-order valence-electron chi connectivity index (χ4n) is 2.13. The van der Waals surface area contributed by atoms with E-state index in [-0.39, 0.29) is 6.04 Å². The molecule has 1 aliphatic heterocycles. The van der Waals surface area contributed by atoms with Crippen LogP contribution in [0.25, 0.3) is 0 Å². The Labute approximate surface area is 106 Å². The van der Waals surface area contributed by atoms with Crippen molar-refractivity contribution in [3.8, 4) is 0 Å². The maximum absolute atomic E-state index is 6.13. The van der Waals surface area contributed by atoms with Crippen LogP contribution in [0.3, 0.4) is 0 Å². The summed E-state index contributed by atoms with van der Waals surface area (Å²) >= 11 is 7.51. The number of ether oxygens (including phenoxy) is 1. The van der Waals surface area contributed by atoms with Crippen molar-refractivity contribution < 1.29 is 4.74 Å². The number of halogens is 1. The molecule has 1 aliphatic rings. The Bertz CT molecular complexity index is 323. The van der Waals surface area contributed by atoms with Crippen LogP contribution in [0.2, 0.25) is 4.34 Å². The molecule has 4 heteroatoms. The van der Waals surface area contributed by atoms with E-state index in [9.17, 15) is 0 Å². The van der Waals surface area contributed by atoms with E-state index in [4.69, 9.17) is 22.1 Å². The lowest BCUT2D eigenvalue weighted by atomic mass is 10.00. The van der Waals surface area contributed by atoms with Crippen molar-refractivity contribution in [3.63, 3.8) is 0 Å². The van der Waals surface area contributed by atoms with Gasteiger partial charge in [-0.3, -0.25) is 0 Å². The highest BCUT2D eigenvalue weighted by atomic mass is 35.5. The second kappa shape index (κ2) is 6.01. The second-order valence-electron chi connectivity index (χ2n) is 4.39. The van der Waals surface area contributed by atoms with Crippen molar-refractivity contribution in [2.75, 3.05) is 6.61 Å². The van der Waals surface area contributed by atoms with Gasteiger partial charge in [0.25, 0.3) is 0 Å². The molecular weight excluding hydrogens is 242 g/mol. The number of hydrogen-bond acceptors (Lipinski definition) is 3. The minimum Gasteiger partial charge on any atom is -0.378 e. The molecule has 2 unspecified atom stereocenters. The van der Waals surface area contributed by atoms with Crippen LogP contribution in [0.1, 0.15) is 30.6 Å². The van der Waals surface area contributed by atoms with Crippen molar-refractivity contribution in [3.05, 3.63) is 21.3 Å². The highest BCUT2D eigenvalue weighted by Gasteiger charge is 2.17. The average molecular weight is 260 g/mol. The summed E-state index contributed by atoms with van der Waals surface area (Å²) in [5.41, 5.74) is 6.13. The van der Waals surface area contributed by atoms with E-state index in [2.05, 4.69) is 6.07 Å². The number of rotatable bonds is 4. The Morgan fingerprint density at radius 2 is 2.38 bits per heavy atom. The van der Waals surface area contributed by atoms with E-state index in [1.165, 1.54) is 24.1 Å². The summed E-state index contributed by atoms with van der Waals surface area (Å²) in [5.74, 6) is 0. The number of thiophene rings is 1. The Balaban J connectivity index is 1.77. The van der Waals surface area contributed by atoms with Gasteiger partial charge in [0.15, 0.2) is 0 Å². The van der Waals surface area contributed by atoms with Crippen LogP contribution < -0.4 is 5.73 Å². The van der Waals surface area contributed by atoms with Gasteiger partial charge in [0.2, 0.25) is 0 Å². The molecule has 2 atom stereocenters. The van der Waals surface area contributed by atoms with Gasteiger partial charge in [-0.15, -0.1) is 11.3 Å². The van der Waals surface area contributed by atoms with Gasteiger partial charge in [-0.2, -0.15) is 0 Å². The molecule has 90 valence electrons. The topological polar surface area (TPSA) is 35.2 Å². The van der Waals surface area contributed by atoms with Gasteiger partial charge in [-0.05, 0) is 44.2 Å². The van der Waals surface area contributed by atoms with Crippen LogP contribution in [0.5, 0.6) is 0 Å². The van der Waals surface area contributed by atoms with Crippen molar-refractivity contribution in [2.45, 2.75) is 44.2 Å². The lowest BCUT2D eigenvalue weighted by Gasteiger charge is -2.25. The monoisotopic (exact) mass is 259 g/mol. The lowest BCUT2D eigenvalue weighted by molar-refractivity contribution is 0.00751. The smallest absolute Gasteiger partial charge is 0.0931 e. The van der Waals surface area contributed by atoms with E-state index < -0.39 is 0 Å². The summed E-state index contributed by atoms with van der Waals surface area (Å²) in [6.07, 6.45) is 5.90. The molecule has 2 nitrogen and oxygen atoms in total. The molecule has 0 radical (unpaired) electrons. The van der Waals surface area contributed by atoms with E-state index in [0.29, 0.717) is 6.10 Å². The molecule has 0 saturated carbocycles. The summed E-state index contributed by atoms with van der Waals surface area (Å²) in [7, 11) is 0. The first-order valence-electron chi connectivity index (χ1n) is 5.85. The van der Waals surface area contributed by atoms with Gasteiger partial charge in [0.1, 0.15) is 0 Å². The maximum Gasteiger partial charge on any atom is 0.0931 e. The lowest BCUT2D eigenvalue weighted by Crippen LogP contribution is -2.31. The van der Waals surface area contributed by atoms with Gasteiger partial charge >= 0.3 is 0 Å². The molecule has 2 N–H and O–H groups in total. The van der Waals surface area contributed by atoms with Crippen LogP contribution in [0.15, 0.2) is 12.1 Å². The van der Waals surface area contributed by atoms with Crippen LogP contribution in [-0.4, -0.2) is 18.8 Å². The highest BCUT2D eigenvalue weighted by molar-refractivity contribution is 7.16. The molecule has 16 heavy (non-hydrogen) atoms. The highest BCUT2D eigenvalue weighted by Crippen LogP contribution is 2.24. The first-order valence-corrected chi connectivity index (χ1v) is 7.05. The molecule has 0 aromatic carbocycles. The molecule has 2 heterocycles. The molecular formula is C12H18ClNOS. The van der Waals surface area contributed by atoms with E-state index in [1.807, 2.05) is 6.07 Å². The zero-order chi connectivity index (χ0) is 11.4. The van der Waals surface area contributed by atoms with Gasteiger partial charge in [0, 0.05) is 17.5 Å². The Morgan fingerprint density at radius 3 is 3.00 bits per heavy atom. The molecule has 1 saturated heterocycles. The largest absolute Gasteiger partial charge is 0.378 e. The maximum atomic E-state index is 6.13. The minimum atomic E-state index is 0.192. The third-order valence-corrected chi connectivity index (χ3v) is 4.19. The van der Waals surface area contributed by atoms with Crippen molar-refractivity contribution >= 4 is 22.9 Å². The summed E-state index contributed by atoms with van der Waals surface area (Å²) in [6.45, 7) is 0.905. The van der Waals surface area contributed by atoms with Crippen molar-refractivity contribution in [1.29, 1.82) is 0 Å². The minimum absolute atomic E-state index is 0.192. The summed E-state index contributed by atoms with van der Waals surface area (Å²) in [5, 5.41) is 0. The third-order valence-electron chi connectivity index (χ3n) is 2.93. The van der Waals surface area contributed by atoms with Gasteiger partial charge in [-0.1, -0.05) is 11.6 Å². The average Bonchev–Trinajstić information content (AvgIpc) is 2.65. The van der Waals surface area contributed by atoms with E-state index in [1.54, 1.807) is 11.3 Å². The molecule has 1 aromatic rings. The SMILES string of the molecule is NC(Cc1ccc(Cl)s1)CC1CCCCO1. The molecule has 0 spiro atoms. The van der Waals surface area contributed by atoms with Crippen LogP contribution in [0, 0.1) is 0 Å². The Kier molecular flexibility index (Phi) is 4.65. The molecule has 0 bridgehead atoms. The predicted octanol–water partition coefficient (Wildman–Crippen LogP) is 3.23. The zero-order valence-corrected chi connectivity index (χ0v) is 10.9. The summed E-state index contributed by atoms with van der Waals surface area (Å²) in [6, 6.07) is 4.19. The first-order chi connectivity index (χ1) is 7.74. The standard InChI is InChI=1S/C12H18ClNOS/c13-12-5-4-11(16-12)8-9(14)7-10-3-1-2-6-15-10/h4-5,9-10H,1-3,6-8,14H2. The summed E-state index contributed by atoms with van der Waals surface area (Å²) < 4.78 is 6.53. The van der Waals surface area contributed by atoms with E-state index >= 15 is 0 Å². The molecule has 0 aliphatic carbocycles. The molecule has 2 rings (SSSR count). The number of nitrogens with two attached hydrogens (primary N) is 1. The van der Waals surface area contributed by atoms with Crippen molar-refractivity contribution in [1.82, 2.24) is 0 Å². The summed E-state index contributed by atoms with van der Waals surface area (Å²) in [4.78, 5) is 1.27. The Hall–Kier alpha value is -0.0900. The van der Waals surface area contributed by atoms with E-state index in [0.717, 1.165) is 23.8 Å². The van der Waals surface area contributed by atoms with Crippen LogP contribution in [-0.2, 0) is 11.2 Å². The molecule has 0 amide bonds. The predicted molar refractivity (Wildman–Crippen MR) is 69.2 cm³/mol. The van der Waals surface area contributed by atoms with Crippen LogP contribution in [0.4, 0.5) is 0 Å². The van der Waals surface area contributed by atoms with Gasteiger partial charge in [-0.25, -0.2) is 0 Å². The zero-order valence-electron chi connectivity index (χ0n) is 9.32. The van der Waals surface area contributed by atoms with Crippen molar-refractivity contribution in [2.24, 2.45) is 5.73 Å². The second-order valence-corrected chi connectivity index (χ2v) is 6.19. The number of hydrogen-bond donors (Lipinski definition) is 1. The van der Waals surface area contributed by atoms with Crippen LogP contribution >= 0.6 is 22.9 Å². The first kappa shape index (κ1) is 12.4. The molecule has 1 fully saturated rings. The molecule has 1 aromatic heterocycles. The quantitative estimate of drug-likeness (QED) is 0.901. The van der Waals surface area contributed by atoms with Gasteiger partial charge in [0.05, 0.1) is 10.4 Å². The normalized spacial score (nSPS) is 23.2. The Morgan fingerprint density at radius 1 is 1.50 bits per heavy atom. The van der Waals surface area contributed by atoms with Gasteiger partial charge < -0.3 is 10.5 Å². The fraction of sp³-hybridized carbons (Fsp3) is 0.667.